The van der Waals surface area contributed by atoms with Crippen LogP contribution in [0.25, 0.3) is 11.2 Å². The van der Waals surface area contributed by atoms with E-state index < -0.39 is 24.5 Å². The molecule has 1 aromatic carbocycles. The number of hydrogen-bond acceptors (Lipinski definition) is 8. The average molecular weight is 371 g/mol. The molecule has 2 aromatic heterocycles. The van der Waals surface area contributed by atoms with E-state index in [0.29, 0.717) is 23.5 Å². The van der Waals surface area contributed by atoms with Crippen LogP contribution in [0.1, 0.15) is 17.4 Å². The van der Waals surface area contributed by atoms with Crippen LogP contribution in [-0.4, -0.2) is 59.8 Å². The van der Waals surface area contributed by atoms with Gasteiger partial charge in [-0.3, -0.25) is 4.57 Å². The lowest BCUT2D eigenvalue weighted by molar-refractivity contribution is -0.0511. The Kier molecular flexibility index (Phi) is 4.75. The Morgan fingerprint density at radius 2 is 1.96 bits per heavy atom. The number of rotatable bonds is 5. The summed E-state index contributed by atoms with van der Waals surface area (Å²) in [6.07, 6.45) is -1.24. The number of anilines is 1. The number of hydrogen-bond donors (Lipinski definition) is 4. The molecule has 1 aliphatic heterocycles. The second-order valence-corrected chi connectivity index (χ2v) is 6.56. The molecule has 4 N–H and O–H groups in total. The number of aryl methyl sites for hydroxylation is 1. The van der Waals surface area contributed by atoms with Crippen LogP contribution < -0.4 is 5.32 Å². The van der Waals surface area contributed by atoms with Gasteiger partial charge in [-0.2, -0.15) is 0 Å². The van der Waals surface area contributed by atoms with Crippen LogP contribution in [0.3, 0.4) is 0 Å². The largest absolute Gasteiger partial charge is 0.394 e. The smallest absolute Gasteiger partial charge is 0.167 e. The fourth-order valence-corrected chi connectivity index (χ4v) is 3.26. The van der Waals surface area contributed by atoms with Gasteiger partial charge in [-0.05, 0) is 18.1 Å². The Morgan fingerprint density at radius 3 is 2.70 bits per heavy atom. The predicted octanol–water partition coefficient (Wildman–Crippen LogP) is 0.358. The maximum atomic E-state index is 10.2. The highest BCUT2D eigenvalue weighted by atomic mass is 16.6. The van der Waals surface area contributed by atoms with E-state index in [1.165, 1.54) is 18.2 Å². The van der Waals surface area contributed by atoms with Crippen molar-refractivity contribution in [3.63, 3.8) is 0 Å². The summed E-state index contributed by atoms with van der Waals surface area (Å²) in [5, 5.41) is 32.8. The molecule has 1 aliphatic rings. The maximum absolute atomic E-state index is 10.2. The first-order valence-corrected chi connectivity index (χ1v) is 8.68. The van der Waals surface area contributed by atoms with E-state index in [4.69, 9.17) is 4.74 Å². The number of imidazole rings is 1. The van der Waals surface area contributed by atoms with Crippen molar-refractivity contribution in [3.05, 3.63) is 48.0 Å². The van der Waals surface area contributed by atoms with Gasteiger partial charge in [-0.25, -0.2) is 15.0 Å². The molecule has 0 aliphatic carbocycles. The minimum Gasteiger partial charge on any atom is -0.394 e. The highest BCUT2D eigenvalue weighted by molar-refractivity contribution is 5.82. The molecular weight excluding hydrogens is 350 g/mol. The SMILES string of the molecule is Cc1ccccc1CNc1ncnc2c1ncn2[C@H]1O[C@H](CO)[C@@H](O)[C@H]1O. The van der Waals surface area contributed by atoms with Crippen molar-refractivity contribution in [3.8, 4) is 0 Å². The molecule has 142 valence electrons. The lowest BCUT2D eigenvalue weighted by atomic mass is 10.1. The monoisotopic (exact) mass is 371 g/mol. The number of benzene rings is 1. The zero-order chi connectivity index (χ0) is 19.0. The zero-order valence-electron chi connectivity index (χ0n) is 14.7. The van der Waals surface area contributed by atoms with Crippen molar-refractivity contribution in [1.29, 1.82) is 0 Å². The molecule has 0 saturated carbocycles. The second-order valence-electron chi connectivity index (χ2n) is 6.56. The van der Waals surface area contributed by atoms with Crippen LogP contribution in [-0.2, 0) is 11.3 Å². The topological polar surface area (TPSA) is 126 Å². The Morgan fingerprint density at radius 1 is 1.15 bits per heavy atom. The van der Waals surface area contributed by atoms with Gasteiger partial charge in [-0.1, -0.05) is 24.3 Å². The normalized spacial score (nSPS) is 25.2. The van der Waals surface area contributed by atoms with E-state index >= 15 is 0 Å². The van der Waals surface area contributed by atoms with Crippen molar-refractivity contribution in [1.82, 2.24) is 19.5 Å². The van der Waals surface area contributed by atoms with Gasteiger partial charge in [0.1, 0.15) is 24.6 Å². The molecule has 3 heterocycles. The van der Waals surface area contributed by atoms with Crippen molar-refractivity contribution < 1.29 is 20.1 Å². The molecule has 4 rings (SSSR count). The first-order valence-electron chi connectivity index (χ1n) is 8.68. The minimum absolute atomic E-state index is 0.389. The van der Waals surface area contributed by atoms with Gasteiger partial charge in [0.15, 0.2) is 23.2 Å². The summed E-state index contributed by atoms with van der Waals surface area (Å²) in [6, 6.07) is 8.06. The van der Waals surface area contributed by atoms with Crippen LogP contribution in [0, 0.1) is 6.92 Å². The maximum Gasteiger partial charge on any atom is 0.167 e. The van der Waals surface area contributed by atoms with Gasteiger partial charge < -0.3 is 25.4 Å². The number of nitrogens with one attached hydrogen (secondary N) is 1. The molecule has 1 fully saturated rings. The fraction of sp³-hybridized carbons (Fsp3) is 0.389. The summed E-state index contributed by atoms with van der Waals surface area (Å²) in [7, 11) is 0. The van der Waals surface area contributed by atoms with Gasteiger partial charge in [-0.15, -0.1) is 0 Å². The summed E-state index contributed by atoms with van der Waals surface area (Å²) in [4.78, 5) is 12.9. The molecule has 3 aromatic rings. The Balaban J connectivity index is 1.61. The van der Waals surface area contributed by atoms with E-state index in [1.807, 2.05) is 31.2 Å². The number of fused-ring (bicyclic) bond motifs is 1. The third kappa shape index (κ3) is 3.15. The summed E-state index contributed by atoms with van der Waals surface area (Å²) < 4.78 is 7.11. The molecular formula is C18H21N5O4. The standard InChI is InChI=1S/C18H21N5O4/c1-10-4-2-3-5-11(10)6-19-16-13-17(21-8-20-16)23(9-22-13)18-15(26)14(25)12(7-24)27-18/h2-5,8-9,12,14-15,18,24-26H,6-7H2,1H3,(H,19,20,21)/t12-,14-,15-,18+/m1/s1. The molecule has 0 spiro atoms. The molecule has 0 radical (unpaired) electrons. The van der Waals surface area contributed by atoms with E-state index in [-0.39, 0.29) is 6.61 Å². The molecule has 4 atom stereocenters. The van der Waals surface area contributed by atoms with Gasteiger partial charge in [0, 0.05) is 6.54 Å². The molecule has 0 bridgehead atoms. The number of ether oxygens (including phenoxy) is 1. The third-order valence-electron chi connectivity index (χ3n) is 4.86. The van der Waals surface area contributed by atoms with Crippen LogP contribution >= 0.6 is 0 Å². The zero-order valence-corrected chi connectivity index (χ0v) is 14.7. The molecule has 9 nitrogen and oxygen atoms in total. The van der Waals surface area contributed by atoms with Crippen molar-refractivity contribution in [2.45, 2.75) is 38.0 Å². The van der Waals surface area contributed by atoms with Crippen molar-refractivity contribution >= 4 is 17.0 Å². The fourth-order valence-electron chi connectivity index (χ4n) is 3.26. The third-order valence-corrected chi connectivity index (χ3v) is 4.86. The number of aliphatic hydroxyl groups is 3. The van der Waals surface area contributed by atoms with Crippen LogP contribution in [0.4, 0.5) is 5.82 Å². The average Bonchev–Trinajstić information content (AvgIpc) is 3.23. The quantitative estimate of drug-likeness (QED) is 0.507. The first kappa shape index (κ1) is 17.8. The lowest BCUT2D eigenvalue weighted by Gasteiger charge is -2.16. The van der Waals surface area contributed by atoms with E-state index in [0.717, 1.165) is 5.56 Å². The summed E-state index contributed by atoms with van der Waals surface area (Å²) in [5.41, 5.74) is 3.32. The summed E-state index contributed by atoms with van der Waals surface area (Å²) in [6.45, 7) is 2.24. The summed E-state index contributed by atoms with van der Waals surface area (Å²) in [5.74, 6) is 0.564. The van der Waals surface area contributed by atoms with Crippen molar-refractivity contribution in [2.75, 3.05) is 11.9 Å². The van der Waals surface area contributed by atoms with E-state index in [9.17, 15) is 15.3 Å². The molecule has 1 saturated heterocycles. The van der Waals surface area contributed by atoms with Crippen LogP contribution in [0.5, 0.6) is 0 Å². The second kappa shape index (κ2) is 7.20. The number of aliphatic hydroxyl groups excluding tert-OH is 3. The Bertz CT molecular complexity index is 946. The summed E-state index contributed by atoms with van der Waals surface area (Å²) >= 11 is 0. The first-order chi connectivity index (χ1) is 13.1. The Hall–Kier alpha value is -2.59. The molecule has 27 heavy (non-hydrogen) atoms. The van der Waals surface area contributed by atoms with Gasteiger partial charge >= 0.3 is 0 Å². The van der Waals surface area contributed by atoms with Crippen LogP contribution in [0.15, 0.2) is 36.9 Å². The highest BCUT2D eigenvalue weighted by Gasteiger charge is 2.44. The van der Waals surface area contributed by atoms with Gasteiger partial charge in [0.2, 0.25) is 0 Å². The molecule has 0 amide bonds. The molecule has 0 unspecified atom stereocenters. The van der Waals surface area contributed by atoms with Crippen molar-refractivity contribution in [2.24, 2.45) is 0 Å². The number of aromatic nitrogens is 4. The van der Waals surface area contributed by atoms with E-state index in [2.05, 4.69) is 20.3 Å². The lowest BCUT2D eigenvalue weighted by Crippen LogP contribution is -2.33. The van der Waals surface area contributed by atoms with Gasteiger partial charge in [0.05, 0.1) is 12.9 Å². The highest BCUT2D eigenvalue weighted by Crippen LogP contribution is 2.32. The Labute approximate surface area is 155 Å². The van der Waals surface area contributed by atoms with E-state index in [1.54, 1.807) is 4.57 Å². The van der Waals surface area contributed by atoms with Crippen LogP contribution in [0.2, 0.25) is 0 Å². The minimum atomic E-state index is -1.20. The predicted molar refractivity (Wildman–Crippen MR) is 96.8 cm³/mol. The number of nitrogens with zero attached hydrogens (tertiary/aromatic N) is 4. The molecule has 9 heteroatoms. The van der Waals surface area contributed by atoms with Gasteiger partial charge in [0.25, 0.3) is 0 Å².